The molecular weight excluding hydrogens is 550 g/mol. The summed E-state index contributed by atoms with van der Waals surface area (Å²) in [5.74, 6) is 0.0304. The average Bonchev–Trinajstić information content (AvgIpc) is 3.06. The third-order valence-electron chi connectivity index (χ3n) is 8.95. The highest BCUT2D eigenvalue weighted by Gasteiger charge is 2.52. The first-order chi connectivity index (χ1) is 21.5. The number of hydrogen-bond donors (Lipinski definition) is 3. The van der Waals surface area contributed by atoms with Crippen molar-refractivity contribution >= 4 is 23.5 Å². The lowest BCUT2D eigenvalue weighted by molar-refractivity contribution is -0.161. The number of amides is 4. The maximum Gasteiger partial charge on any atom is 0.319 e. The van der Waals surface area contributed by atoms with Gasteiger partial charge in [-0.25, -0.2) is 4.79 Å². The Morgan fingerprint density at radius 1 is 0.864 bits per heavy atom. The molecule has 232 valence electrons. The smallest absolute Gasteiger partial charge is 0.319 e. The van der Waals surface area contributed by atoms with Crippen molar-refractivity contribution in [1.29, 1.82) is 0 Å². The van der Waals surface area contributed by atoms with E-state index in [0.29, 0.717) is 32.4 Å². The second-order valence-corrected chi connectivity index (χ2v) is 11.9. The van der Waals surface area contributed by atoms with Gasteiger partial charge in [0.1, 0.15) is 11.6 Å². The van der Waals surface area contributed by atoms with Gasteiger partial charge in [-0.05, 0) is 73.8 Å². The normalized spacial score (nSPS) is 18.2. The third-order valence-corrected chi connectivity index (χ3v) is 8.95. The molecule has 3 aromatic rings. The number of anilines is 1. The van der Waals surface area contributed by atoms with Gasteiger partial charge in [-0.2, -0.15) is 0 Å². The number of piperazine rings is 1. The fourth-order valence-electron chi connectivity index (χ4n) is 6.42. The number of unbranched alkanes of at least 4 members (excludes halogenated alkanes) is 1. The number of nitrogens with one attached hydrogen (secondary N) is 3. The van der Waals surface area contributed by atoms with Crippen LogP contribution in [0, 0.1) is 0 Å². The van der Waals surface area contributed by atoms with Crippen LogP contribution in [0.15, 0.2) is 84.9 Å². The number of benzene rings is 3. The van der Waals surface area contributed by atoms with Crippen molar-refractivity contribution in [2.24, 2.45) is 0 Å². The van der Waals surface area contributed by atoms with E-state index in [1.54, 1.807) is 0 Å². The van der Waals surface area contributed by atoms with Crippen LogP contribution in [0.1, 0.15) is 51.0 Å². The minimum atomic E-state index is -0.744. The molecule has 3 aromatic carbocycles. The molecule has 0 unspecified atom stereocenters. The topological polar surface area (TPSA) is 93.8 Å². The van der Waals surface area contributed by atoms with Crippen LogP contribution in [0.4, 0.5) is 10.5 Å². The van der Waals surface area contributed by atoms with Crippen LogP contribution in [-0.4, -0.2) is 71.9 Å². The van der Waals surface area contributed by atoms with Crippen molar-refractivity contribution in [1.82, 2.24) is 20.4 Å². The minimum absolute atomic E-state index is 0.00551. The maximum atomic E-state index is 13.6. The highest BCUT2D eigenvalue weighted by Crippen LogP contribution is 2.34. The Bertz CT molecular complexity index is 1370. The number of likely N-dealkylation sites (tertiary alicyclic amines) is 1. The quantitative estimate of drug-likeness (QED) is 0.243. The number of piperidine rings is 1. The van der Waals surface area contributed by atoms with Crippen LogP contribution in [-0.2, 0) is 16.0 Å². The van der Waals surface area contributed by atoms with Crippen LogP contribution in [0.2, 0.25) is 0 Å². The lowest BCUT2D eigenvalue weighted by Gasteiger charge is -2.51. The number of hydrogen-bond acceptors (Lipinski definition) is 4. The lowest BCUT2D eigenvalue weighted by Crippen LogP contribution is -2.72. The fraction of sp³-hybridized carbons (Fsp3) is 0.417. The number of carbonyl (C=O) groups excluding carboxylic acids is 3. The molecule has 8 nitrogen and oxygen atoms in total. The van der Waals surface area contributed by atoms with Crippen molar-refractivity contribution in [3.05, 3.63) is 90.5 Å². The van der Waals surface area contributed by atoms with E-state index >= 15 is 0 Å². The van der Waals surface area contributed by atoms with Crippen molar-refractivity contribution in [3.8, 4) is 11.1 Å². The van der Waals surface area contributed by atoms with E-state index in [1.807, 2.05) is 53.4 Å². The maximum absolute atomic E-state index is 13.6. The average molecular weight is 596 g/mol. The number of rotatable bonds is 12. The molecule has 4 amide bonds. The summed E-state index contributed by atoms with van der Waals surface area (Å²) in [5, 5.41) is 8.86. The third kappa shape index (κ3) is 7.66. The molecule has 2 saturated heterocycles. The van der Waals surface area contributed by atoms with Gasteiger partial charge in [-0.15, -0.1) is 0 Å². The van der Waals surface area contributed by atoms with Gasteiger partial charge in [-0.3, -0.25) is 9.59 Å². The zero-order chi connectivity index (χ0) is 30.8. The van der Waals surface area contributed by atoms with Crippen LogP contribution in [0.25, 0.3) is 11.1 Å². The van der Waals surface area contributed by atoms with E-state index in [0.717, 1.165) is 62.1 Å². The zero-order valence-corrected chi connectivity index (χ0v) is 25.8. The molecule has 0 aliphatic carbocycles. The molecule has 2 heterocycles. The summed E-state index contributed by atoms with van der Waals surface area (Å²) >= 11 is 0. The largest absolute Gasteiger partial charge is 0.342 e. The Labute approximate surface area is 261 Å². The highest BCUT2D eigenvalue weighted by molar-refractivity contribution is 6.00. The molecule has 1 spiro atoms. The molecule has 44 heavy (non-hydrogen) atoms. The fourth-order valence-corrected chi connectivity index (χ4v) is 6.42. The van der Waals surface area contributed by atoms with Crippen LogP contribution in [0.5, 0.6) is 0 Å². The summed E-state index contributed by atoms with van der Waals surface area (Å²) in [4.78, 5) is 43.9. The highest BCUT2D eigenvalue weighted by atomic mass is 16.2. The van der Waals surface area contributed by atoms with Crippen molar-refractivity contribution in [2.45, 2.75) is 63.5 Å². The van der Waals surface area contributed by atoms with Gasteiger partial charge in [0.05, 0.1) is 0 Å². The van der Waals surface area contributed by atoms with E-state index in [9.17, 15) is 14.4 Å². The van der Waals surface area contributed by atoms with Crippen LogP contribution in [0.3, 0.4) is 0 Å². The molecule has 3 N–H and O–H groups in total. The predicted molar refractivity (Wildman–Crippen MR) is 175 cm³/mol. The Morgan fingerprint density at radius 3 is 2.20 bits per heavy atom. The molecule has 1 atom stereocenters. The van der Waals surface area contributed by atoms with Crippen LogP contribution < -0.4 is 16.0 Å². The SMILES string of the molecule is CCCN1C(=O)[C@H](CCCCNC(=O)Nc2ccc(-c3ccccc3)cc2)NC(=O)C12CCN(CCc1ccccc1)CC2. The van der Waals surface area contributed by atoms with Gasteiger partial charge < -0.3 is 25.8 Å². The van der Waals surface area contributed by atoms with Gasteiger partial charge in [-0.1, -0.05) is 79.7 Å². The summed E-state index contributed by atoms with van der Waals surface area (Å²) in [7, 11) is 0. The van der Waals surface area contributed by atoms with Gasteiger partial charge in [0.2, 0.25) is 11.8 Å². The summed E-state index contributed by atoms with van der Waals surface area (Å²) in [6.45, 7) is 5.72. The summed E-state index contributed by atoms with van der Waals surface area (Å²) in [5.41, 5.74) is 3.52. The molecular formula is C36H45N5O3. The molecule has 0 bridgehead atoms. The zero-order valence-electron chi connectivity index (χ0n) is 25.8. The second-order valence-electron chi connectivity index (χ2n) is 11.9. The standard InChI is InChI=1S/C36H45N5O3/c1-2-24-41-33(42)32(39-34(43)36(41)21-26-40(27-22-36)25-20-28-11-5-3-6-12-28)15-9-10-23-37-35(44)38-31-18-16-30(17-19-31)29-13-7-4-8-14-29/h3-8,11-14,16-19,32H,2,9-10,15,20-27H2,1H3,(H,39,43)(H2,37,38,44)/t32-/m0/s1. The first kappa shape index (κ1) is 31.3. The Kier molecular flexibility index (Phi) is 10.7. The molecule has 0 radical (unpaired) electrons. The number of nitrogens with zero attached hydrogens (tertiary/aromatic N) is 2. The molecule has 2 fully saturated rings. The molecule has 8 heteroatoms. The van der Waals surface area contributed by atoms with E-state index in [2.05, 4.69) is 64.2 Å². The second kappa shape index (κ2) is 15.0. The first-order valence-electron chi connectivity index (χ1n) is 16.1. The molecule has 2 aliphatic heterocycles. The minimum Gasteiger partial charge on any atom is -0.342 e. The predicted octanol–water partition coefficient (Wildman–Crippen LogP) is 5.46. The first-order valence-corrected chi connectivity index (χ1v) is 16.1. The Hall–Kier alpha value is -4.17. The van der Waals surface area contributed by atoms with Gasteiger partial charge >= 0.3 is 6.03 Å². The van der Waals surface area contributed by atoms with Gasteiger partial charge in [0.25, 0.3) is 0 Å². The molecule has 2 aliphatic rings. The van der Waals surface area contributed by atoms with E-state index in [-0.39, 0.29) is 17.8 Å². The monoisotopic (exact) mass is 595 g/mol. The van der Waals surface area contributed by atoms with Crippen molar-refractivity contribution < 1.29 is 14.4 Å². The number of urea groups is 1. The summed E-state index contributed by atoms with van der Waals surface area (Å²) in [6, 6.07) is 27.6. The molecule has 5 rings (SSSR count). The van der Waals surface area contributed by atoms with E-state index in [4.69, 9.17) is 0 Å². The van der Waals surface area contributed by atoms with Crippen molar-refractivity contribution in [2.75, 3.05) is 38.0 Å². The summed E-state index contributed by atoms with van der Waals surface area (Å²) in [6.07, 6.45) is 5.14. The van der Waals surface area contributed by atoms with E-state index < -0.39 is 11.6 Å². The number of carbonyl (C=O) groups is 3. The van der Waals surface area contributed by atoms with Crippen LogP contribution >= 0.6 is 0 Å². The lowest BCUT2D eigenvalue weighted by atomic mass is 9.81. The van der Waals surface area contributed by atoms with Gasteiger partial charge in [0.15, 0.2) is 0 Å². The van der Waals surface area contributed by atoms with Crippen molar-refractivity contribution in [3.63, 3.8) is 0 Å². The molecule has 0 aromatic heterocycles. The molecule has 0 saturated carbocycles. The van der Waals surface area contributed by atoms with E-state index in [1.165, 1.54) is 5.56 Å². The summed E-state index contributed by atoms with van der Waals surface area (Å²) < 4.78 is 0. The Balaban J connectivity index is 1.04. The Morgan fingerprint density at radius 2 is 1.52 bits per heavy atom. The van der Waals surface area contributed by atoms with Gasteiger partial charge in [0, 0.05) is 38.4 Å².